The molecular weight excluding hydrogens is 278 g/mol. The first-order chi connectivity index (χ1) is 7.27. The molecule has 2 aromatic heterocycles. The molecule has 0 aliphatic heterocycles. The first-order valence-electron chi connectivity index (χ1n) is 4.27. The van der Waals surface area contributed by atoms with Crippen LogP contribution in [0.3, 0.4) is 0 Å². The normalized spacial score (nSPS) is 10.2. The second-order valence-electron chi connectivity index (χ2n) is 2.82. The van der Waals surface area contributed by atoms with Crippen molar-refractivity contribution in [3.05, 3.63) is 39.0 Å². The van der Waals surface area contributed by atoms with Gasteiger partial charge in [0.1, 0.15) is 10.7 Å². The van der Waals surface area contributed by atoms with Crippen molar-refractivity contribution in [3.63, 3.8) is 0 Å². The zero-order valence-electron chi connectivity index (χ0n) is 7.66. The summed E-state index contributed by atoms with van der Waals surface area (Å²) < 4.78 is 0.824. The monoisotopic (exact) mass is 285 g/mol. The number of halogens is 1. The zero-order chi connectivity index (χ0) is 10.7. The van der Waals surface area contributed by atoms with Crippen LogP contribution in [-0.4, -0.2) is 15.9 Å². The second-order valence-corrected chi connectivity index (χ2v) is 4.59. The van der Waals surface area contributed by atoms with Crippen LogP contribution in [0.4, 0.5) is 0 Å². The van der Waals surface area contributed by atoms with Gasteiger partial charge in [0.2, 0.25) is 0 Å². The van der Waals surface area contributed by atoms with Crippen molar-refractivity contribution in [3.8, 4) is 0 Å². The van der Waals surface area contributed by atoms with Crippen molar-refractivity contribution >= 4 is 33.2 Å². The fourth-order valence-corrected chi connectivity index (χ4v) is 2.56. The number of carbonyl (C=O) groups is 1. The molecule has 0 saturated heterocycles. The summed E-state index contributed by atoms with van der Waals surface area (Å²) in [7, 11) is 0. The third-order valence-electron chi connectivity index (χ3n) is 1.79. The topological polar surface area (TPSA) is 57.8 Å². The predicted molar refractivity (Wildman–Crippen MR) is 61.8 cm³/mol. The lowest BCUT2D eigenvalue weighted by Crippen LogP contribution is -2.22. The molecular formula is C9H8BrN3OS. The third-order valence-corrected chi connectivity index (χ3v) is 3.63. The summed E-state index contributed by atoms with van der Waals surface area (Å²) in [6.45, 7) is 0.413. The molecule has 0 bridgehead atoms. The van der Waals surface area contributed by atoms with Gasteiger partial charge in [-0.1, -0.05) is 0 Å². The summed E-state index contributed by atoms with van der Waals surface area (Å²) in [5.41, 5.74) is 0. The summed E-state index contributed by atoms with van der Waals surface area (Å²) in [5.74, 6) is 0.657. The molecule has 0 saturated carbocycles. The van der Waals surface area contributed by atoms with Crippen LogP contribution < -0.4 is 5.32 Å². The number of nitrogens with zero attached hydrogens (tertiary/aromatic N) is 1. The Hall–Kier alpha value is -1.14. The van der Waals surface area contributed by atoms with Gasteiger partial charge in [-0.15, -0.1) is 11.3 Å². The van der Waals surface area contributed by atoms with Crippen LogP contribution in [0.25, 0.3) is 0 Å². The van der Waals surface area contributed by atoms with Crippen molar-refractivity contribution in [1.29, 1.82) is 0 Å². The zero-order valence-corrected chi connectivity index (χ0v) is 10.1. The average molecular weight is 286 g/mol. The standard InChI is InChI=1S/C9H8BrN3OS/c10-6-1-4-15-8(6)9(14)13-5-7-11-2-3-12-7/h1-4H,5H2,(H,11,12)(H,13,14). The maximum absolute atomic E-state index is 11.6. The van der Waals surface area contributed by atoms with Crippen LogP contribution >= 0.6 is 27.3 Å². The Kier molecular flexibility index (Phi) is 3.17. The quantitative estimate of drug-likeness (QED) is 0.908. The molecule has 1 amide bonds. The third kappa shape index (κ3) is 2.45. The van der Waals surface area contributed by atoms with E-state index >= 15 is 0 Å². The number of aromatic nitrogens is 2. The molecule has 4 nitrogen and oxygen atoms in total. The van der Waals surface area contributed by atoms with E-state index in [4.69, 9.17) is 0 Å². The van der Waals surface area contributed by atoms with E-state index in [0.29, 0.717) is 11.4 Å². The smallest absolute Gasteiger partial charge is 0.262 e. The Morgan fingerprint density at radius 1 is 1.67 bits per heavy atom. The van der Waals surface area contributed by atoms with E-state index in [-0.39, 0.29) is 5.91 Å². The molecule has 6 heteroatoms. The Bertz CT molecular complexity index is 452. The minimum atomic E-state index is -0.0896. The number of H-pyrrole nitrogens is 1. The lowest BCUT2D eigenvalue weighted by Gasteiger charge is -2.01. The van der Waals surface area contributed by atoms with Crippen molar-refractivity contribution in [2.45, 2.75) is 6.54 Å². The van der Waals surface area contributed by atoms with Crippen LogP contribution in [0, 0.1) is 0 Å². The first-order valence-corrected chi connectivity index (χ1v) is 5.94. The van der Waals surface area contributed by atoms with Crippen LogP contribution in [0.15, 0.2) is 28.3 Å². The molecule has 2 N–H and O–H groups in total. The van der Waals surface area contributed by atoms with Crippen molar-refractivity contribution in [2.24, 2.45) is 0 Å². The Morgan fingerprint density at radius 3 is 3.13 bits per heavy atom. The Balaban J connectivity index is 1.96. The molecule has 78 valence electrons. The Morgan fingerprint density at radius 2 is 2.53 bits per heavy atom. The highest BCUT2D eigenvalue weighted by atomic mass is 79.9. The van der Waals surface area contributed by atoms with E-state index in [1.54, 1.807) is 12.4 Å². The Labute approximate surface area is 98.9 Å². The summed E-state index contributed by atoms with van der Waals surface area (Å²) in [6.07, 6.45) is 3.38. The summed E-state index contributed by atoms with van der Waals surface area (Å²) in [5, 5.41) is 4.64. The van der Waals surface area contributed by atoms with E-state index in [0.717, 1.165) is 10.3 Å². The number of carbonyl (C=O) groups excluding carboxylic acids is 1. The lowest BCUT2D eigenvalue weighted by atomic mass is 10.4. The number of aromatic amines is 1. The van der Waals surface area contributed by atoms with Crippen LogP contribution in [0.5, 0.6) is 0 Å². The van der Waals surface area contributed by atoms with Gasteiger partial charge in [0.25, 0.3) is 5.91 Å². The number of imidazole rings is 1. The van der Waals surface area contributed by atoms with E-state index < -0.39 is 0 Å². The van der Waals surface area contributed by atoms with E-state index in [1.165, 1.54) is 11.3 Å². The molecule has 2 heterocycles. The van der Waals surface area contributed by atoms with Gasteiger partial charge in [0.05, 0.1) is 6.54 Å². The average Bonchev–Trinajstić information content (AvgIpc) is 2.84. The van der Waals surface area contributed by atoms with E-state index in [9.17, 15) is 4.79 Å². The number of rotatable bonds is 3. The number of thiophene rings is 1. The largest absolute Gasteiger partial charge is 0.347 e. The van der Waals surface area contributed by atoms with Gasteiger partial charge in [-0.3, -0.25) is 4.79 Å². The van der Waals surface area contributed by atoms with Crippen LogP contribution in [0.1, 0.15) is 15.5 Å². The molecule has 0 aliphatic rings. The van der Waals surface area contributed by atoms with E-state index in [2.05, 4.69) is 31.2 Å². The van der Waals surface area contributed by atoms with Gasteiger partial charge in [-0.2, -0.15) is 0 Å². The molecule has 0 atom stereocenters. The van der Waals surface area contributed by atoms with Crippen LogP contribution in [-0.2, 0) is 6.54 Å². The summed E-state index contributed by atoms with van der Waals surface area (Å²) in [4.78, 5) is 19.3. The molecule has 0 fully saturated rings. The maximum atomic E-state index is 11.6. The predicted octanol–water partition coefficient (Wildman–Crippen LogP) is 2.16. The van der Waals surface area contributed by atoms with Gasteiger partial charge >= 0.3 is 0 Å². The van der Waals surface area contributed by atoms with Crippen LogP contribution in [0.2, 0.25) is 0 Å². The number of hydrogen-bond acceptors (Lipinski definition) is 3. The van der Waals surface area contributed by atoms with Crippen molar-refractivity contribution in [2.75, 3.05) is 0 Å². The minimum absolute atomic E-state index is 0.0896. The van der Waals surface area contributed by atoms with Crippen molar-refractivity contribution < 1.29 is 4.79 Å². The molecule has 0 spiro atoms. The molecule has 0 unspecified atom stereocenters. The highest BCUT2D eigenvalue weighted by Gasteiger charge is 2.10. The van der Waals surface area contributed by atoms with Gasteiger partial charge < -0.3 is 10.3 Å². The fourth-order valence-electron chi connectivity index (χ4n) is 1.09. The highest BCUT2D eigenvalue weighted by Crippen LogP contribution is 2.22. The number of amides is 1. The molecule has 2 rings (SSSR count). The van der Waals surface area contributed by atoms with Gasteiger partial charge in [-0.25, -0.2) is 4.98 Å². The second kappa shape index (κ2) is 4.59. The molecule has 0 aliphatic carbocycles. The van der Waals surface area contributed by atoms with Gasteiger partial charge in [0, 0.05) is 16.9 Å². The van der Waals surface area contributed by atoms with E-state index in [1.807, 2.05) is 11.4 Å². The number of hydrogen-bond donors (Lipinski definition) is 2. The summed E-state index contributed by atoms with van der Waals surface area (Å²) >= 11 is 4.72. The van der Waals surface area contributed by atoms with Gasteiger partial charge in [-0.05, 0) is 27.4 Å². The minimum Gasteiger partial charge on any atom is -0.347 e. The maximum Gasteiger partial charge on any atom is 0.262 e. The SMILES string of the molecule is O=C(NCc1ncc[nH]1)c1sccc1Br. The van der Waals surface area contributed by atoms with Gasteiger partial charge in [0.15, 0.2) is 0 Å². The first kappa shape index (κ1) is 10.4. The fraction of sp³-hybridized carbons (Fsp3) is 0.111. The number of nitrogens with one attached hydrogen (secondary N) is 2. The summed E-state index contributed by atoms with van der Waals surface area (Å²) in [6, 6.07) is 1.85. The molecule has 15 heavy (non-hydrogen) atoms. The van der Waals surface area contributed by atoms with Crippen molar-refractivity contribution in [1.82, 2.24) is 15.3 Å². The molecule has 0 aromatic carbocycles. The molecule has 2 aromatic rings. The molecule has 0 radical (unpaired) electrons. The lowest BCUT2D eigenvalue weighted by molar-refractivity contribution is 0.0953. The highest BCUT2D eigenvalue weighted by molar-refractivity contribution is 9.10.